The number of carbonyl (C=O) groups is 2. The van der Waals surface area contributed by atoms with Crippen LogP contribution >= 0.6 is 0 Å². The summed E-state index contributed by atoms with van der Waals surface area (Å²) in [5, 5.41) is 21.6. The molecule has 1 heterocycles. The van der Waals surface area contributed by atoms with Crippen molar-refractivity contribution in [1.29, 1.82) is 0 Å². The van der Waals surface area contributed by atoms with E-state index < -0.39 is 22.8 Å². The lowest BCUT2D eigenvalue weighted by atomic mass is 10.2. The van der Waals surface area contributed by atoms with E-state index in [2.05, 4.69) is 5.32 Å². The first-order chi connectivity index (χ1) is 8.36. The maximum atomic E-state index is 11.8. The van der Waals surface area contributed by atoms with Gasteiger partial charge < -0.3 is 15.0 Å². The molecule has 0 fully saturated rings. The van der Waals surface area contributed by atoms with Crippen molar-refractivity contribution in [2.24, 2.45) is 7.05 Å². The molecule has 0 spiro atoms. The van der Waals surface area contributed by atoms with E-state index in [9.17, 15) is 19.7 Å². The molecule has 8 nitrogen and oxygen atoms in total. The van der Waals surface area contributed by atoms with Gasteiger partial charge in [-0.25, -0.2) is 4.79 Å². The van der Waals surface area contributed by atoms with E-state index in [4.69, 9.17) is 5.11 Å². The highest BCUT2D eigenvalue weighted by Gasteiger charge is 2.22. The van der Waals surface area contributed by atoms with Crippen molar-refractivity contribution in [3.8, 4) is 0 Å². The zero-order valence-corrected chi connectivity index (χ0v) is 9.91. The van der Waals surface area contributed by atoms with Crippen LogP contribution in [0.4, 0.5) is 5.69 Å². The molecule has 1 rings (SSSR count). The Morgan fingerprint density at radius 2 is 2.22 bits per heavy atom. The fourth-order valence-corrected chi connectivity index (χ4v) is 1.44. The van der Waals surface area contributed by atoms with E-state index in [0.717, 1.165) is 6.07 Å². The molecule has 8 heteroatoms. The quantitative estimate of drug-likeness (QED) is 0.588. The molecule has 0 bridgehead atoms. The van der Waals surface area contributed by atoms with E-state index >= 15 is 0 Å². The minimum atomic E-state index is -1.14. The first-order valence-electron chi connectivity index (χ1n) is 5.21. The summed E-state index contributed by atoms with van der Waals surface area (Å²) in [5.74, 6) is -1.80. The second-order valence-electron chi connectivity index (χ2n) is 3.72. The molecule has 1 atom stereocenters. The van der Waals surface area contributed by atoms with Crippen molar-refractivity contribution in [3.63, 3.8) is 0 Å². The van der Waals surface area contributed by atoms with Gasteiger partial charge in [0.25, 0.3) is 11.6 Å². The molecule has 18 heavy (non-hydrogen) atoms. The highest BCUT2D eigenvalue weighted by Crippen LogP contribution is 2.15. The lowest BCUT2D eigenvalue weighted by molar-refractivity contribution is -0.384. The summed E-state index contributed by atoms with van der Waals surface area (Å²) < 4.78 is 1.28. The summed E-state index contributed by atoms with van der Waals surface area (Å²) in [4.78, 5) is 32.4. The summed E-state index contributed by atoms with van der Waals surface area (Å²) in [5.41, 5.74) is -0.174. The van der Waals surface area contributed by atoms with Gasteiger partial charge in [0, 0.05) is 13.1 Å². The van der Waals surface area contributed by atoms with Gasteiger partial charge in [-0.05, 0) is 6.42 Å². The molecule has 0 aliphatic rings. The van der Waals surface area contributed by atoms with Gasteiger partial charge in [-0.15, -0.1) is 0 Å². The summed E-state index contributed by atoms with van der Waals surface area (Å²) in [7, 11) is 1.48. The van der Waals surface area contributed by atoms with Crippen molar-refractivity contribution in [2.45, 2.75) is 19.4 Å². The standard InChI is InChI=1S/C10H13N3O5/c1-3-7(10(15)16)11-9(14)8-4-6(13(17)18)5-12(8)2/h4-5,7H,3H2,1-2H3,(H,11,14)(H,15,16). The van der Waals surface area contributed by atoms with Gasteiger partial charge in [0.2, 0.25) is 0 Å². The number of nitrogens with zero attached hydrogens (tertiary/aromatic N) is 2. The van der Waals surface area contributed by atoms with Gasteiger partial charge in [-0.1, -0.05) is 6.92 Å². The van der Waals surface area contributed by atoms with E-state index in [1.54, 1.807) is 6.92 Å². The van der Waals surface area contributed by atoms with Gasteiger partial charge in [0.05, 0.1) is 11.1 Å². The number of aryl methyl sites for hydroxylation is 1. The molecule has 1 unspecified atom stereocenters. The minimum Gasteiger partial charge on any atom is -0.480 e. The fraction of sp³-hybridized carbons (Fsp3) is 0.400. The smallest absolute Gasteiger partial charge is 0.326 e. The van der Waals surface area contributed by atoms with Gasteiger partial charge in [-0.3, -0.25) is 14.9 Å². The summed E-state index contributed by atoms with van der Waals surface area (Å²) in [6.07, 6.45) is 1.42. The molecule has 0 aliphatic heterocycles. The molecular weight excluding hydrogens is 242 g/mol. The number of carbonyl (C=O) groups excluding carboxylic acids is 1. The lowest BCUT2D eigenvalue weighted by Gasteiger charge is -2.12. The molecule has 2 N–H and O–H groups in total. The number of aromatic nitrogens is 1. The molecule has 0 aliphatic carbocycles. The zero-order chi connectivity index (χ0) is 13.9. The number of carboxylic acid groups (broad SMARTS) is 1. The Morgan fingerprint density at radius 3 is 2.61 bits per heavy atom. The van der Waals surface area contributed by atoms with Gasteiger partial charge in [0.1, 0.15) is 11.7 Å². The van der Waals surface area contributed by atoms with Crippen LogP contribution in [0.15, 0.2) is 12.3 Å². The lowest BCUT2D eigenvalue weighted by Crippen LogP contribution is -2.40. The molecule has 1 aromatic heterocycles. The number of aliphatic carboxylic acids is 1. The highest BCUT2D eigenvalue weighted by molar-refractivity contribution is 5.95. The van der Waals surface area contributed by atoms with Crippen LogP contribution in [0.25, 0.3) is 0 Å². The Balaban J connectivity index is 2.90. The Kier molecular flexibility index (Phi) is 4.03. The molecule has 98 valence electrons. The Labute approximate surface area is 102 Å². The van der Waals surface area contributed by atoms with Crippen molar-refractivity contribution in [1.82, 2.24) is 9.88 Å². The van der Waals surface area contributed by atoms with Crippen LogP contribution in [-0.2, 0) is 11.8 Å². The number of carboxylic acids is 1. The summed E-state index contributed by atoms with van der Waals surface area (Å²) >= 11 is 0. The maximum Gasteiger partial charge on any atom is 0.326 e. The molecular formula is C10H13N3O5. The van der Waals surface area contributed by atoms with E-state index in [0.29, 0.717) is 0 Å². The summed E-state index contributed by atoms with van der Waals surface area (Å²) in [6.45, 7) is 1.62. The fourth-order valence-electron chi connectivity index (χ4n) is 1.44. The predicted molar refractivity (Wildman–Crippen MR) is 61.2 cm³/mol. The third kappa shape index (κ3) is 2.84. The number of amides is 1. The SMILES string of the molecule is CCC(NC(=O)c1cc([N+](=O)[O-])cn1C)C(=O)O. The molecule has 0 radical (unpaired) electrons. The van der Waals surface area contributed by atoms with Crippen LogP contribution in [-0.4, -0.2) is 32.5 Å². The van der Waals surface area contributed by atoms with Crippen LogP contribution in [0.5, 0.6) is 0 Å². The van der Waals surface area contributed by atoms with Gasteiger partial charge in [-0.2, -0.15) is 0 Å². The Bertz CT molecular complexity index is 494. The van der Waals surface area contributed by atoms with Crippen LogP contribution in [0.2, 0.25) is 0 Å². The maximum absolute atomic E-state index is 11.8. The van der Waals surface area contributed by atoms with Gasteiger partial charge >= 0.3 is 5.97 Å². The van der Waals surface area contributed by atoms with Crippen molar-refractivity contribution in [2.75, 3.05) is 0 Å². The van der Waals surface area contributed by atoms with Crippen LogP contribution in [0.3, 0.4) is 0 Å². The highest BCUT2D eigenvalue weighted by atomic mass is 16.6. The van der Waals surface area contributed by atoms with Crippen molar-refractivity contribution >= 4 is 17.6 Å². The Morgan fingerprint density at radius 1 is 1.61 bits per heavy atom. The number of hydrogen-bond acceptors (Lipinski definition) is 4. The Hall–Kier alpha value is -2.38. The third-order valence-corrected chi connectivity index (χ3v) is 2.45. The van der Waals surface area contributed by atoms with Crippen LogP contribution in [0.1, 0.15) is 23.8 Å². The van der Waals surface area contributed by atoms with Crippen LogP contribution < -0.4 is 5.32 Å². The minimum absolute atomic E-state index is 0.0430. The molecule has 0 saturated carbocycles. The van der Waals surface area contributed by atoms with Crippen LogP contribution in [0, 0.1) is 10.1 Å². The number of hydrogen-bond donors (Lipinski definition) is 2. The summed E-state index contributed by atoms with van der Waals surface area (Å²) in [6, 6.07) is 0.0932. The van der Waals surface area contributed by atoms with Crippen molar-refractivity contribution in [3.05, 3.63) is 28.1 Å². The molecule has 0 aromatic carbocycles. The monoisotopic (exact) mass is 255 g/mol. The van der Waals surface area contributed by atoms with E-state index in [-0.39, 0.29) is 17.8 Å². The largest absolute Gasteiger partial charge is 0.480 e. The number of rotatable bonds is 5. The van der Waals surface area contributed by atoms with E-state index in [1.807, 2.05) is 0 Å². The van der Waals surface area contributed by atoms with E-state index in [1.165, 1.54) is 17.8 Å². The number of nitro groups is 1. The second kappa shape index (κ2) is 5.30. The normalized spacial score (nSPS) is 11.9. The van der Waals surface area contributed by atoms with Gasteiger partial charge in [0.15, 0.2) is 0 Å². The zero-order valence-electron chi connectivity index (χ0n) is 9.91. The molecule has 1 aromatic rings. The van der Waals surface area contributed by atoms with Crippen molar-refractivity contribution < 1.29 is 19.6 Å². The number of nitrogens with one attached hydrogen (secondary N) is 1. The topological polar surface area (TPSA) is 114 Å². The average Bonchev–Trinajstić information content (AvgIpc) is 2.67. The first-order valence-corrected chi connectivity index (χ1v) is 5.21. The predicted octanol–water partition coefficient (Wildman–Crippen LogP) is 0.526. The second-order valence-corrected chi connectivity index (χ2v) is 3.72. The molecule has 1 amide bonds. The third-order valence-electron chi connectivity index (χ3n) is 2.45. The molecule has 0 saturated heterocycles. The first kappa shape index (κ1) is 13.7. The average molecular weight is 255 g/mol.